The standard InChI is InChI=1S/C31H32ClF3N8O4/c1-5-21-24(17-8-10-42(11-9-17)30(47)26-27(45)16(2)37-15-38-26)28(46)25-29(36-13-22(40-25)41(3)4)43(21)14-23(44)39-20-7-6-18(12-19(20)32)31(33,34)35/h6-7,12-13,15,17,45H,5,8-11,14H2,1-4H3,(H,39,44). The third-order valence-corrected chi connectivity index (χ3v) is 8.47. The number of carbonyl (C=O) groups excluding carboxylic acids is 2. The van der Waals surface area contributed by atoms with Gasteiger partial charge in [0.2, 0.25) is 11.3 Å². The Morgan fingerprint density at radius 3 is 2.47 bits per heavy atom. The van der Waals surface area contributed by atoms with Gasteiger partial charge in [0.05, 0.1) is 28.2 Å². The van der Waals surface area contributed by atoms with Gasteiger partial charge in [-0.2, -0.15) is 13.2 Å². The normalized spacial score (nSPS) is 14.0. The average Bonchev–Trinajstić information content (AvgIpc) is 3.03. The van der Waals surface area contributed by atoms with E-state index in [1.54, 1.807) is 35.4 Å². The van der Waals surface area contributed by atoms with Crippen LogP contribution in [0.1, 0.15) is 58.7 Å². The second-order valence-electron chi connectivity index (χ2n) is 11.4. The highest BCUT2D eigenvalue weighted by atomic mass is 35.5. The number of benzene rings is 1. The van der Waals surface area contributed by atoms with E-state index in [1.807, 2.05) is 6.92 Å². The zero-order chi connectivity index (χ0) is 34.2. The Morgan fingerprint density at radius 2 is 1.85 bits per heavy atom. The van der Waals surface area contributed by atoms with Crippen LogP contribution in [0.5, 0.6) is 5.75 Å². The second-order valence-corrected chi connectivity index (χ2v) is 11.8. The number of anilines is 2. The summed E-state index contributed by atoms with van der Waals surface area (Å²) in [5.41, 5.74) is 0.152. The number of hydrogen-bond acceptors (Lipinski definition) is 9. The highest BCUT2D eigenvalue weighted by Crippen LogP contribution is 2.35. The van der Waals surface area contributed by atoms with Crippen molar-refractivity contribution in [2.75, 3.05) is 37.4 Å². The summed E-state index contributed by atoms with van der Waals surface area (Å²) in [5.74, 6) is -1.20. The first-order valence-corrected chi connectivity index (χ1v) is 15.1. The number of carbonyl (C=O) groups is 2. The summed E-state index contributed by atoms with van der Waals surface area (Å²) < 4.78 is 41.0. The molecule has 1 aromatic carbocycles. The molecule has 1 saturated heterocycles. The lowest BCUT2D eigenvalue weighted by Gasteiger charge is -2.33. The molecule has 1 aliphatic rings. The number of aromatic hydroxyl groups is 1. The second kappa shape index (κ2) is 13.1. The summed E-state index contributed by atoms with van der Waals surface area (Å²) in [6.07, 6.45) is -0.727. The molecule has 4 aromatic rings. The summed E-state index contributed by atoms with van der Waals surface area (Å²) in [6.45, 7) is 3.64. The molecule has 4 heterocycles. The van der Waals surface area contributed by atoms with Gasteiger partial charge in [-0.25, -0.2) is 19.9 Å². The van der Waals surface area contributed by atoms with Crippen molar-refractivity contribution >= 4 is 46.1 Å². The van der Waals surface area contributed by atoms with Crippen LogP contribution in [0.15, 0.2) is 35.5 Å². The van der Waals surface area contributed by atoms with E-state index >= 15 is 0 Å². The molecule has 1 fully saturated rings. The number of nitrogens with one attached hydrogen (secondary N) is 1. The number of amides is 2. The summed E-state index contributed by atoms with van der Waals surface area (Å²) in [6, 6.07) is 2.64. The molecule has 2 N–H and O–H groups in total. The van der Waals surface area contributed by atoms with Gasteiger partial charge >= 0.3 is 6.18 Å². The average molecular weight is 673 g/mol. The van der Waals surface area contributed by atoms with Gasteiger partial charge in [0, 0.05) is 38.4 Å². The number of rotatable bonds is 7. The minimum Gasteiger partial charge on any atom is -0.504 e. The molecule has 0 spiro atoms. The van der Waals surface area contributed by atoms with Gasteiger partial charge in [0.1, 0.15) is 18.7 Å². The molecule has 16 heteroatoms. The fourth-order valence-corrected chi connectivity index (χ4v) is 5.94. The van der Waals surface area contributed by atoms with Crippen LogP contribution in [0.3, 0.4) is 0 Å². The molecule has 0 atom stereocenters. The van der Waals surface area contributed by atoms with Crippen molar-refractivity contribution in [2.45, 2.75) is 51.7 Å². The topological polar surface area (TPSA) is 146 Å². The highest BCUT2D eigenvalue weighted by Gasteiger charge is 2.33. The van der Waals surface area contributed by atoms with E-state index in [1.165, 1.54) is 12.5 Å². The summed E-state index contributed by atoms with van der Waals surface area (Å²) in [7, 11) is 3.50. The van der Waals surface area contributed by atoms with Crippen molar-refractivity contribution in [3.8, 4) is 5.75 Å². The number of aromatic nitrogens is 5. The van der Waals surface area contributed by atoms with E-state index in [0.29, 0.717) is 36.3 Å². The number of halogens is 4. The Bertz CT molecular complexity index is 1920. The van der Waals surface area contributed by atoms with Crippen LogP contribution in [0.4, 0.5) is 24.7 Å². The van der Waals surface area contributed by atoms with Crippen LogP contribution < -0.4 is 15.6 Å². The third-order valence-electron chi connectivity index (χ3n) is 8.16. The predicted molar refractivity (Wildman–Crippen MR) is 169 cm³/mol. The molecule has 3 aromatic heterocycles. The monoisotopic (exact) mass is 672 g/mol. The first-order valence-electron chi connectivity index (χ1n) is 14.8. The number of alkyl halides is 3. The maximum atomic E-state index is 14.1. The van der Waals surface area contributed by atoms with Crippen LogP contribution in [0, 0.1) is 6.92 Å². The summed E-state index contributed by atoms with van der Waals surface area (Å²) >= 11 is 6.08. The first-order chi connectivity index (χ1) is 22.2. The van der Waals surface area contributed by atoms with Crippen molar-refractivity contribution in [1.82, 2.24) is 29.4 Å². The Labute approximate surface area is 272 Å². The number of likely N-dealkylation sites (tertiary alicyclic amines) is 1. The van der Waals surface area contributed by atoms with Crippen LogP contribution in [-0.2, 0) is 23.9 Å². The molecular weight excluding hydrogens is 641 g/mol. The number of fused-ring (bicyclic) bond motifs is 1. The van der Waals surface area contributed by atoms with Crippen molar-refractivity contribution in [2.24, 2.45) is 0 Å². The van der Waals surface area contributed by atoms with E-state index in [9.17, 15) is 32.7 Å². The van der Waals surface area contributed by atoms with Gasteiger partial charge in [-0.3, -0.25) is 14.4 Å². The van der Waals surface area contributed by atoms with Gasteiger partial charge in [-0.05, 0) is 50.3 Å². The van der Waals surface area contributed by atoms with Crippen LogP contribution in [0.2, 0.25) is 5.02 Å². The fourth-order valence-electron chi connectivity index (χ4n) is 5.71. The molecule has 5 rings (SSSR count). The van der Waals surface area contributed by atoms with Gasteiger partial charge in [-0.1, -0.05) is 18.5 Å². The van der Waals surface area contributed by atoms with Gasteiger partial charge in [0.25, 0.3) is 5.91 Å². The number of nitrogens with zero attached hydrogens (tertiary/aromatic N) is 7. The third kappa shape index (κ3) is 6.70. The number of aryl methyl sites for hydroxylation is 1. The molecule has 47 heavy (non-hydrogen) atoms. The Morgan fingerprint density at radius 1 is 1.15 bits per heavy atom. The van der Waals surface area contributed by atoms with Crippen molar-refractivity contribution in [3.05, 3.63) is 74.2 Å². The zero-order valence-corrected chi connectivity index (χ0v) is 26.8. The molecular formula is C31H32ClF3N8O4. The van der Waals surface area contributed by atoms with Gasteiger partial charge in [0.15, 0.2) is 22.6 Å². The van der Waals surface area contributed by atoms with Crippen molar-refractivity contribution < 1.29 is 27.9 Å². The molecule has 0 aliphatic carbocycles. The van der Waals surface area contributed by atoms with E-state index in [-0.39, 0.29) is 70.0 Å². The molecule has 1 aliphatic heterocycles. The minimum atomic E-state index is -4.60. The fraction of sp³-hybridized carbons (Fsp3) is 0.387. The molecule has 0 saturated carbocycles. The highest BCUT2D eigenvalue weighted by molar-refractivity contribution is 6.33. The van der Waals surface area contributed by atoms with Crippen LogP contribution in [-0.4, -0.2) is 73.5 Å². The Balaban J connectivity index is 1.49. The molecule has 0 unspecified atom stereocenters. The molecule has 2 amide bonds. The smallest absolute Gasteiger partial charge is 0.416 e. The minimum absolute atomic E-state index is 0.00350. The molecule has 0 bridgehead atoms. The maximum Gasteiger partial charge on any atom is 0.416 e. The van der Waals surface area contributed by atoms with Gasteiger partial charge < -0.3 is 24.8 Å². The van der Waals surface area contributed by atoms with E-state index < -0.39 is 23.6 Å². The Hall–Kier alpha value is -4.79. The number of hydrogen-bond donors (Lipinski definition) is 2. The lowest BCUT2D eigenvalue weighted by Crippen LogP contribution is -2.40. The lowest BCUT2D eigenvalue weighted by molar-refractivity contribution is -0.137. The zero-order valence-electron chi connectivity index (χ0n) is 26.0. The summed E-state index contributed by atoms with van der Waals surface area (Å²) in [5, 5.41) is 12.6. The number of piperidine rings is 1. The lowest BCUT2D eigenvalue weighted by atomic mass is 9.86. The summed E-state index contributed by atoms with van der Waals surface area (Å²) in [4.78, 5) is 60.8. The van der Waals surface area contributed by atoms with E-state index in [2.05, 4.69) is 25.3 Å². The predicted octanol–water partition coefficient (Wildman–Crippen LogP) is 4.55. The SMILES string of the molecule is CCc1c(C2CCN(C(=O)c3ncnc(C)c3O)CC2)c(=O)c2nc(N(C)C)cnc2n1CC(=O)Nc1ccc(C(F)(F)F)cc1Cl. The molecule has 248 valence electrons. The van der Waals surface area contributed by atoms with E-state index in [4.69, 9.17) is 11.6 Å². The first kappa shape index (κ1) is 33.6. The number of pyridine rings is 1. The largest absolute Gasteiger partial charge is 0.504 e. The van der Waals surface area contributed by atoms with E-state index in [0.717, 1.165) is 18.2 Å². The van der Waals surface area contributed by atoms with Crippen molar-refractivity contribution in [1.29, 1.82) is 0 Å². The molecule has 12 nitrogen and oxygen atoms in total. The van der Waals surface area contributed by atoms with Gasteiger partial charge in [-0.15, -0.1) is 0 Å². The molecule has 0 radical (unpaired) electrons. The Kier molecular flexibility index (Phi) is 9.39. The maximum absolute atomic E-state index is 14.1. The van der Waals surface area contributed by atoms with Crippen LogP contribution in [0.25, 0.3) is 11.2 Å². The van der Waals surface area contributed by atoms with Crippen LogP contribution >= 0.6 is 11.6 Å². The van der Waals surface area contributed by atoms with Crippen molar-refractivity contribution in [3.63, 3.8) is 0 Å². The quantitative estimate of drug-likeness (QED) is 0.289.